The zero-order valence-electron chi connectivity index (χ0n) is 9.21. The van der Waals surface area contributed by atoms with Crippen molar-refractivity contribution in [2.45, 2.75) is 20.3 Å². The van der Waals surface area contributed by atoms with Gasteiger partial charge in [-0.25, -0.2) is 0 Å². The molecule has 0 N–H and O–H groups in total. The first-order valence-electron chi connectivity index (χ1n) is 4.87. The second-order valence-corrected chi connectivity index (χ2v) is 4.08. The van der Waals surface area contributed by atoms with Crippen LogP contribution in [0.15, 0.2) is 18.2 Å². The third-order valence-corrected chi connectivity index (χ3v) is 2.83. The van der Waals surface area contributed by atoms with Crippen LogP contribution in [-0.2, 0) is 11.2 Å². The van der Waals surface area contributed by atoms with Gasteiger partial charge < -0.3 is 4.74 Å². The minimum absolute atomic E-state index is 0.0101. The number of hydrogen-bond acceptors (Lipinski definition) is 2. The van der Waals surface area contributed by atoms with Gasteiger partial charge >= 0.3 is 0 Å². The molecule has 1 aromatic rings. The average Bonchev–Trinajstić information content (AvgIpc) is 2.20. The number of carbonyl (C=O) groups is 1. The third-order valence-electron chi connectivity index (χ3n) is 2.48. The van der Waals surface area contributed by atoms with E-state index in [4.69, 9.17) is 16.3 Å². The number of ether oxygens (including phenoxy) is 1. The molecule has 0 aliphatic carbocycles. The fourth-order valence-electron chi connectivity index (χ4n) is 1.29. The lowest BCUT2D eigenvalue weighted by Crippen LogP contribution is -2.09. The molecule has 0 aliphatic heterocycles. The predicted molar refractivity (Wildman–Crippen MR) is 61.6 cm³/mol. The fraction of sp³-hybridized carbons (Fsp3) is 0.417. The van der Waals surface area contributed by atoms with Crippen molar-refractivity contribution in [3.63, 3.8) is 0 Å². The molecule has 1 aromatic carbocycles. The van der Waals surface area contributed by atoms with Gasteiger partial charge in [0.15, 0.2) is 0 Å². The average molecular weight is 227 g/mol. The summed E-state index contributed by atoms with van der Waals surface area (Å²) < 4.78 is 5.05. The molecule has 0 amide bonds. The minimum Gasteiger partial charge on any atom is -0.497 e. The van der Waals surface area contributed by atoms with Gasteiger partial charge in [-0.1, -0.05) is 24.6 Å². The predicted octanol–water partition coefficient (Wildman–Crippen LogP) is 3.12. The van der Waals surface area contributed by atoms with Crippen LogP contribution in [0.4, 0.5) is 0 Å². The van der Waals surface area contributed by atoms with E-state index in [0.29, 0.717) is 11.4 Å². The highest BCUT2D eigenvalue weighted by atomic mass is 35.5. The van der Waals surface area contributed by atoms with Gasteiger partial charge in [-0.3, -0.25) is 4.79 Å². The number of methoxy groups -OCH3 is 1. The van der Waals surface area contributed by atoms with Crippen LogP contribution in [0.2, 0.25) is 5.02 Å². The molecule has 1 rings (SSSR count). The Balaban J connectivity index is 2.82. The Morgan fingerprint density at radius 1 is 1.53 bits per heavy atom. The Morgan fingerprint density at radius 3 is 2.67 bits per heavy atom. The van der Waals surface area contributed by atoms with Crippen LogP contribution >= 0.6 is 11.6 Å². The summed E-state index contributed by atoms with van der Waals surface area (Å²) in [7, 11) is 1.60. The highest BCUT2D eigenvalue weighted by molar-refractivity contribution is 6.31. The Hall–Kier alpha value is -1.02. The SMILES string of the molecule is COc1ccc(CC(C)C(C)=O)c(Cl)c1. The van der Waals surface area contributed by atoms with Crippen LogP contribution in [0.25, 0.3) is 0 Å². The largest absolute Gasteiger partial charge is 0.497 e. The summed E-state index contributed by atoms with van der Waals surface area (Å²) in [6.45, 7) is 3.50. The molecule has 0 heterocycles. The lowest BCUT2D eigenvalue weighted by Gasteiger charge is -2.10. The van der Waals surface area contributed by atoms with Gasteiger partial charge in [-0.15, -0.1) is 0 Å². The van der Waals surface area contributed by atoms with E-state index in [2.05, 4.69) is 0 Å². The van der Waals surface area contributed by atoms with Crippen molar-refractivity contribution in [2.75, 3.05) is 7.11 Å². The van der Waals surface area contributed by atoms with Gasteiger partial charge in [-0.2, -0.15) is 0 Å². The van der Waals surface area contributed by atoms with Gasteiger partial charge in [0, 0.05) is 10.9 Å². The fourth-order valence-corrected chi connectivity index (χ4v) is 1.54. The monoisotopic (exact) mass is 226 g/mol. The number of halogens is 1. The topological polar surface area (TPSA) is 26.3 Å². The maximum Gasteiger partial charge on any atom is 0.132 e. The molecule has 0 radical (unpaired) electrons. The highest BCUT2D eigenvalue weighted by Gasteiger charge is 2.11. The summed E-state index contributed by atoms with van der Waals surface area (Å²) in [5, 5.41) is 0.655. The molecule has 0 spiro atoms. The summed E-state index contributed by atoms with van der Waals surface area (Å²) in [5.74, 6) is 0.928. The van der Waals surface area contributed by atoms with E-state index in [1.165, 1.54) is 0 Å². The van der Waals surface area contributed by atoms with Crippen molar-refractivity contribution in [3.8, 4) is 5.75 Å². The maximum absolute atomic E-state index is 11.1. The van der Waals surface area contributed by atoms with Crippen molar-refractivity contribution < 1.29 is 9.53 Å². The van der Waals surface area contributed by atoms with Crippen LogP contribution in [0.1, 0.15) is 19.4 Å². The molecular weight excluding hydrogens is 212 g/mol. The van der Waals surface area contributed by atoms with E-state index in [-0.39, 0.29) is 11.7 Å². The number of hydrogen-bond donors (Lipinski definition) is 0. The second kappa shape index (κ2) is 5.17. The Labute approximate surface area is 95.2 Å². The molecule has 1 atom stereocenters. The molecule has 0 saturated carbocycles. The molecule has 82 valence electrons. The van der Waals surface area contributed by atoms with Crippen LogP contribution < -0.4 is 4.74 Å². The van der Waals surface area contributed by atoms with Crippen LogP contribution in [-0.4, -0.2) is 12.9 Å². The molecule has 0 saturated heterocycles. The zero-order chi connectivity index (χ0) is 11.4. The molecular formula is C12H15ClO2. The van der Waals surface area contributed by atoms with E-state index in [1.807, 2.05) is 19.1 Å². The first kappa shape index (κ1) is 12.1. The van der Waals surface area contributed by atoms with Crippen LogP contribution in [0.5, 0.6) is 5.75 Å². The summed E-state index contributed by atoms with van der Waals surface area (Å²) >= 11 is 6.07. The van der Waals surface area contributed by atoms with Gasteiger partial charge in [0.1, 0.15) is 11.5 Å². The van der Waals surface area contributed by atoms with E-state index in [9.17, 15) is 4.79 Å². The van der Waals surface area contributed by atoms with Gasteiger partial charge in [0.05, 0.1) is 7.11 Å². The first-order valence-corrected chi connectivity index (χ1v) is 5.25. The van der Waals surface area contributed by atoms with E-state index >= 15 is 0 Å². The number of rotatable bonds is 4. The van der Waals surface area contributed by atoms with Gasteiger partial charge in [0.25, 0.3) is 0 Å². The molecule has 0 aromatic heterocycles. The first-order chi connectivity index (χ1) is 7.04. The summed E-state index contributed by atoms with van der Waals surface area (Å²) in [4.78, 5) is 11.1. The number of carbonyl (C=O) groups excluding carboxylic acids is 1. The lowest BCUT2D eigenvalue weighted by atomic mass is 9.98. The van der Waals surface area contributed by atoms with Crippen molar-refractivity contribution >= 4 is 17.4 Å². The molecule has 3 heteroatoms. The molecule has 0 fully saturated rings. The molecule has 2 nitrogen and oxygen atoms in total. The smallest absolute Gasteiger partial charge is 0.132 e. The minimum atomic E-state index is 0.0101. The summed E-state index contributed by atoms with van der Waals surface area (Å²) in [6.07, 6.45) is 0.679. The lowest BCUT2D eigenvalue weighted by molar-refractivity contribution is -0.120. The van der Waals surface area contributed by atoms with Gasteiger partial charge in [-0.05, 0) is 31.0 Å². The quantitative estimate of drug-likeness (QED) is 0.789. The Morgan fingerprint density at radius 2 is 2.20 bits per heavy atom. The molecule has 1 unspecified atom stereocenters. The van der Waals surface area contributed by atoms with Crippen molar-refractivity contribution in [1.29, 1.82) is 0 Å². The number of benzene rings is 1. The van der Waals surface area contributed by atoms with Crippen molar-refractivity contribution in [3.05, 3.63) is 28.8 Å². The zero-order valence-corrected chi connectivity index (χ0v) is 9.97. The second-order valence-electron chi connectivity index (χ2n) is 3.67. The number of Topliss-reactive ketones (excluding diaryl/α,β-unsaturated/α-hetero) is 1. The summed E-state index contributed by atoms with van der Waals surface area (Å²) in [6, 6.07) is 5.53. The van der Waals surface area contributed by atoms with Gasteiger partial charge in [0.2, 0.25) is 0 Å². The number of ketones is 1. The van der Waals surface area contributed by atoms with Crippen LogP contribution in [0.3, 0.4) is 0 Å². The Bertz CT molecular complexity index is 361. The van der Waals surface area contributed by atoms with Crippen molar-refractivity contribution in [1.82, 2.24) is 0 Å². The van der Waals surface area contributed by atoms with E-state index < -0.39 is 0 Å². The molecule has 15 heavy (non-hydrogen) atoms. The van der Waals surface area contributed by atoms with Crippen LogP contribution in [0, 0.1) is 5.92 Å². The standard InChI is InChI=1S/C12H15ClO2/c1-8(9(2)14)6-10-4-5-11(15-3)7-12(10)13/h4-5,7-8H,6H2,1-3H3. The van der Waals surface area contributed by atoms with E-state index in [1.54, 1.807) is 20.1 Å². The maximum atomic E-state index is 11.1. The van der Waals surface area contributed by atoms with E-state index in [0.717, 1.165) is 11.3 Å². The highest BCUT2D eigenvalue weighted by Crippen LogP contribution is 2.24. The summed E-state index contributed by atoms with van der Waals surface area (Å²) in [5.41, 5.74) is 0.986. The molecule has 0 aliphatic rings. The third kappa shape index (κ3) is 3.24. The van der Waals surface area contributed by atoms with Crippen molar-refractivity contribution in [2.24, 2.45) is 5.92 Å². The normalized spacial score (nSPS) is 12.3. The Kier molecular flexibility index (Phi) is 4.15. The molecule has 0 bridgehead atoms.